The van der Waals surface area contributed by atoms with Crippen molar-refractivity contribution in [2.75, 3.05) is 0 Å². The summed E-state index contributed by atoms with van der Waals surface area (Å²) in [6, 6.07) is 16.4. The number of hydrogen-bond acceptors (Lipinski definition) is 3. The number of benzene rings is 2. The third-order valence-electron chi connectivity index (χ3n) is 2.96. The van der Waals surface area contributed by atoms with Gasteiger partial charge in [0.25, 0.3) is 0 Å². The van der Waals surface area contributed by atoms with Gasteiger partial charge < -0.3 is 5.21 Å². The molecule has 0 fully saturated rings. The van der Waals surface area contributed by atoms with Crippen molar-refractivity contribution < 1.29 is 5.21 Å². The molecule has 0 aliphatic rings. The summed E-state index contributed by atoms with van der Waals surface area (Å²) in [5.74, 6) is 0. The Balaban J connectivity index is 2.42. The Kier molecular flexibility index (Phi) is 2.34. The van der Waals surface area contributed by atoms with Crippen LogP contribution in [0, 0.1) is 4.91 Å². The Morgan fingerprint density at radius 3 is 2.33 bits per heavy atom. The molecule has 0 atom stereocenters. The Hall–Kier alpha value is -2.62. The van der Waals surface area contributed by atoms with Gasteiger partial charge in [-0.3, -0.25) is 0 Å². The number of para-hydroxylation sites is 1. The van der Waals surface area contributed by atoms with Gasteiger partial charge in [-0.05, 0) is 11.2 Å². The van der Waals surface area contributed by atoms with Crippen LogP contribution in [0.3, 0.4) is 0 Å². The molecule has 0 amide bonds. The van der Waals surface area contributed by atoms with E-state index in [2.05, 4.69) is 5.18 Å². The second kappa shape index (κ2) is 4.00. The molecule has 88 valence electrons. The van der Waals surface area contributed by atoms with Crippen LogP contribution in [0.25, 0.3) is 22.2 Å². The van der Waals surface area contributed by atoms with Gasteiger partial charge in [-0.25, -0.2) is 0 Å². The van der Waals surface area contributed by atoms with Crippen molar-refractivity contribution in [3.8, 4) is 11.3 Å². The fourth-order valence-electron chi connectivity index (χ4n) is 2.15. The van der Waals surface area contributed by atoms with Crippen LogP contribution in [-0.4, -0.2) is 9.94 Å². The molecule has 3 rings (SSSR count). The first kappa shape index (κ1) is 10.5. The van der Waals surface area contributed by atoms with E-state index in [4.69, 9.17) is 0 Å². The van der Waals surface area contributed by atoms with Crippen LogP contribution in [0.5, 0.6) is 0 Å². The number of fused-ring (bicyclic) bond motifs is 1. The molecule has 1 aromatic heterocycles. The fourth-order valence-corrected chi connectivity index (χ4v) is 2.15. The van der Waals surface area contributed by atoms with Crippen LogP contribution < -0.4 is 0 Å². The van der Waals surface area contributed by atoms with E-state index in [0.29, 0.717) is 16.6 Å². The molecular formula is C14H10N2O2. The van der Waals surface area contributed by atoms with Crippen LogP contribution in [0.2, 0.25) is 0 Å². The monoisotopic (exact) mass is 238 g/mol. The molecule has 4 heteroatoms. The van der Waals surface area contributed by atoms with Crippen molar-refractivity contribution in [2.24, 2.45) is 5.18 Å². The number of nitrogens with zero attached hydrogens (tertiary/aromatic N) is 2. The Bertz CT molecular complexity index is 717. The third kappa shape index (κ3) is 1.39. The molecule has 0 unspecified atom stereocenters. The zero-order chi connectivity index (χ0) is 12.5. The number of rotatable bonds is 2. The molecule has 4 nitrogen and oxygen atoms in total. The molecule has 0 aliphatic heterocycles. The van der Waals surface area contributed by atoms with Gasteiger partial charge in [-0.1, -0.05) is 48.5 Å². The smallest absolute Gasteiger partial charge is 0.145 e. The molecule has 0 bridgehead atoms. The number of aromatic nitrogens is 1. The lowest BCUT2D eigenvalue weighted by atomic mass is 10.1. The van der Waals surface area contributed by atoms with Crippen molar-refractivity contribution >= 4 is 16.6 Å². The Morgan fingerprint density at radius 2 is 1.61 bits per heavy atom. The third-order valence-corrected chi connectivity index (χ3v) is 2.96. The molecule has 18 heavy (non-hydrogen) atoms. The van der Waals surface area contributed by atoms with Crippen LogP contribution >= 0.6 is 0 Å². The first-order chi connectivity index (χ1) is 8.83. The van der Waals surface area contributed by atoms with Crippen LogP contribution in [-0.2, 0) is 0 Å². The quantitative estimate of drug-likeness (QED) is 0.543. The van der Waals surface area contributed by atoms with E-state index in [1.54, 1.807) is 18.2 Å². The molecule has 3 aromatic rings. The van der Waals surface area contributed by atoms with Gasteiger partial charge in [0, 0.05) is 10.9 Å². The maximum absolute atomic E-state index is 11.1. The van der Waals surface area contributed by atoms with Gasteiger partial charge in [-0.2, -0.15) is 4.73 Å². The minimum absolute atomic E-state index is 0.263. The highest BCUT2D eigenvalue weighted by molar-refractivity contribution is 6.00. The van der Waals surface area contributed by atoms with E-state index in [-0.39, 0.29) is 5.69 Å². The second-order valence-corrected chi connectivity index (χ2v) is 3.98. The first-order valence-electron chi connectivity index (χ1n) is 5.54. The summed E-state index contributed by atoms with van der Waals surface area (Å²) >= 11 is 0. The summed E-state index contributed by atoms with van der Waals surface area (Å²) < 4.78 is 1.02. The van der Waals surface area contributed by atoms with Crippen molar-refractivity contribution in [2.45, 2.75) is 0 Å². The number of hydrogen-bond donors (Lipinski definition) is 1. The lowest BCUT2D eigenvalue weighted by Crippen LogP contribution is -1.92. The predicted octanol–water partition coefficient (Wildman–Crippen LogP) is 3.94. The van der Waals surface area contributed by atoms with E-state index in [9.17, 15) is 10.1 Å². The predicted molar refractivity (Wildman–Crippen MR) is 70.0 cm³/mol. The van der Waals surface area contributed by atoms with Crippen molar-refractivity contribution in [3.63, 3.8) is 0 Å². The second-order valence-electron chi connectivity index (χ2n) is 3.98. The minimum atomic E-state index is 0.263. The van der Waals surface area contributed by atoms with E-state index < -0.39 is 0 Å². The number of nitroso groups, excluding NO2 is 1. The zero-order valence-corrected chi connectivity index (χ0v) is 9.45. The van der Waals surface area contributed by atoms with E-state index in [1.165, 1.54) is 0 Å². The molecule has 0 saturated carbocycles. The molecule has 0 aliphatic carbocycles. The van der Waals surface area contributed by atoms with Gasteiger partial charge >= 0.3 is 0 Å². The van der Waals surface area contributed by atoms with Crippen molar-refractivity contribution in [1.29, 1.82) is 0 Å². The summed E-state index contributed by atoms with van der Waals surface area (Å²) in [5, 5.41) is 13.9. The van der Waals surface area contributed by atoms with Gasteiger partial charge in [0.1, 0.15) is 11.4 Å². The zero-order valence-electron chi connectivity index (χ0n) is 9.45. The summed E-state index contributed by atoms with van der Waals surface area (Å²) in [4.78, 5) is 11.1. The molecular weight excluding hydrogens is 228 g/mol. The first-order valence-corrected chi connectivity index (χ1v) is 5.54. The minimum Gasteiger partial charge on any atom is -0.428 e. The van der Waals surface area contributed by atoms with Crippen LogP contribution in [0.15, 0.2) is 59.8 Å². The van der Waals surface area contributed by atoms with Crippen LogP contribution in [0.4, 0.5) is 5.69 Å². The SMILES string of the molecule is O=Nc1c(-c2ccccc2)n(O)c2ccccc12. The average Bonchev–Trinajstić information content (AvgIpc) is 2.73. The Morgan fingerprint density at radius 1 is 0.944 bits per heavy atom. The normalized spacial score (nSPS) is 10.7. The highest BCUT2D eigenvalue weighted by Crippen LogP contribution is 2.38. The van der Waals surface area contributed by atoms with Gasteiger partial charge in [0.15, 0.2) is 0 Å². The average molecular weight is 238 g/mol. The lowest BCUT2D eigenvalue weighted by Gasteiger charge is -2.02. The van der Waals surface area contributed by atoms with Gasteiger partial charge in [-0.15, -0.1) is 4.91 Å². The standard InChI is InChI=1S/C14H10N2O2/c17-15-13-11-8-4-5-9-12(11)16(18)14(13)10-6-2-1-3-7-10/h1-9,18H. The largest absolute Gasteiger partial charge is 0.428 e. The van der Waals surface area contributed by atoms with Gasteiger partial charge in [0.2, 0.25) is 0 Å². The summed E-state index contributed by atoms with van der Waals surface area (Å²) in [6.45, 7) is 0. The fraction of sp³-hybridized carbons (Fsp3) is 0. The summed E-state index contributed by atoms with van der Waals surface area (Å²) in [6.07, 6.45) is 0. The molecule has 0 spiro atoms. The van der Waals surface area contributed by atoms with Crippen molar-refractivity contribution in [3.05, 3.63) is 59.5 Å². The van der Waals surface area contributed by atoms with E-state index in [0.717, 1.165) is 10.3 Å². The van der Waals surface area contributed by atoms with Crippen LogP contribution in [0.1, 0.15) is 0 Å². The molecule has 0 saturated heterocycles. The lowest BCUT2D eigenvalue weighted by molar-refractivity contribution is 0.205. The summed E-state index contributed by atoms with van der Waals surface area (Å²) in [5.41, 5.74) is 2.02. The van der Waals surface area contributed by atoms with E-state index in [1.807, 2.05) is 36.4 Å². The molecule has 2 aromatic carbocycles. The highest BCUT2D eigenvalue weighted by Gasteiger charge is 2.18. The van der Waals surface area contributed by atoms with E-state index >= 15 is 0 Å². The Labute approximate surface area is 103 Å². The topological polar surface area (TPSA) is 54.6 Å². The maximum atomic E-state index is 11.1. The summed E-state index contributed by atoms with van der Waals surface area (Å²) in [7, 11) is 0. The highest BCUT2D eigenvalue weighted by atomic mass is 16.5. The molecule has 1 heterocycles. The van der Waals surface area contributed by atoms with Gasteiger partial charge in [0.05, 0.1) is 5.52 Å². The maximum Gasteiger partial charge on any atom is 0.145 e. The molecule has 1 N–H and O–H groups in total. The molecule has 0 radical (unpaired) electrons. The van der Waals surface area contributed by atoms with Crippen molar-refractivity contribution in [1.82, 2.24) is 4.73 Å².